The Kier molecular flexibility index (Phi) is 33.6. The Morgan fingerprint density at radius 3 is 1.29 bits per heavy atom. The second kappa shape index (κ2) is 39.5. The van der Waals surface area contributed by atoms with Crippen molar-refractivity contribution in [2.75, 3.05) is 55.8 Å². The highest BCUT2D eigenvalue weighted by Gasteiger charge is 2.41. The summed E-state index contributed by atoms with van der Waals surface area (Å²) in [5, 5.41) is 29.2. The number of nitrogens with two attached hydrogens (primary N) is 1. The number of halogens is 1. The third kappa shape index (κ3) is 25.0. The molecule has 2 amide bonds. The van der Waals surface area contributed by atoms with Crippen LogP contribution in [0.25, 0.3) is 0 Å². The van der Waals surface area contributed by atoms with E-state index < -0.39 is 67.0 Å². The highest BCUT2D eigenvalue weighted by molar-refractivity contribution is 8.13. The zero-order valence-electron chi connectivity index (χ0n) is 53.6. The van der Waals surface area contributed by atoms with Gasteiger partial charge in [-0.2, -0.15) is 32.1 Å². The molecule has 5 aromatic carbocycles. The van der Waals surface area contributed by atoms with Crippen molar-refractivity contribution in [1.82, 2.24) is 18.2 Å². The van der Waals surface area contributed by atoms with Gasteiger partial charge in [-0.3, -0.25) is 29.8 Å². The number of rotatable bonds is 17. The standard InChI is InChI=1S/C21H25N3O5S.C12H16N2O4S.C12H18N2O2S.C7H13NO2.C6H4ClNO4S.2CO2.H/c1-3-29-20(25)19-5-4-14-24(19)30(27,28)18-12-10-17(11-13-18)23-21(26)22-16-8-6-15(2)7-9-16;1-2-10-4-3-9-13(10)19(17,18)12-7-5-11(6-8-12)14(15)16;1-2-11-4-3-9-14(11)17(15,16)12-7-5-10(13)6-8-12;1-2-10-7(9)6-4-3-5-8-6;7-13(11,12)6-3-1-5(2-4-6)8(9)10;2*2-1-3;/h6-13,19H,3-5,14H2,1-2H3,(H2,22,23,26);5-8,10H,2-4,9H2,1H3;5-8,11H,2-4,9,13H2,1H3;6,8H,2-5H2,1H3;1-4H;;;/q;;;;;;;-1/t19-;10-;11-;6-;;;;/m1001..../s1/i;;;;;;;1+1. The number of esters is 2. The number of aryl methyl sites for hydroxylation is 1. The highest BCUT2D eigenvalue weighted by atomic mass is 35.7. The minimum Gasteiger partial charge on any atom is -1.00 e. The van der Waals surface area contributed by atoms with E-state index in [-0.39, 0.29) is 77.0 Å². The van der Waals surface area contributed by atoms with Gasteiger partial charge in [-0.15, -0.1) is 0 Å². The number of nitrogen functional groups attached to an aromatic ring is 1. The molecule has 0 unspecified atom stereocenters. The van der Waals surface area contributed by atoms with E-state index in [9.17, 15) is 68.3 Å². The average Bonchev–Trinajstić information content (AvgIpc) is 1.55. The van der Waals surface area contributed by atoms with Crippen molar-refractivity contribution in [2.24, 2.45) is 0 Å². The Labute approximate surface area is 557 Å². The summed E-state index contributed by atoms with van der Waals surface area (Å²) in [4.78, 5) is 87.6. The summed E-state index contributed by atoms with van der Waals surface area (Å²) in [6, 6.07) is 27.9. The quantitative estimate of drug-likeness (QED) is 0.0224. The van der Waals surface area contributed by atoms with E-state index >= 15 is 0 Å². The zero-order chi connectivity index (χ0) is 71.1. The molecule has 35 heteroatoms. The van der Waals surface area contributed by atoms with E-state index in [2.05, 4.69) is 16.0 Å². The smallest absolute Gasteiger partial charge is 0.373 e. The number of nitro benzene ring substituents is 2. The van der Waals surface area contributed by atoms with Crippen LogP contribution in [0.2, 0.25) is 0 Å². The van der Waals surface area contributed by atoms with Crippen molar-refractivity contribution >= 4 is 109 Å². The first-order valence-corrected chi connectivity index (χ1v) is 36.2. The van der Waals surface area contributed by atoms with Crippen LogP contribution in [0.3, 0.4) is 0 Å². The number of nitrogens with zero attached hydrogens (tertiary/aromatic N) is 5. The summed E-state index contributed by atoms with van der Waals surface area (Å²) in [6.45, 7) is 12.5. The van der Waals surface area contributed by atoms with Crippen LogP contribution in [-0.4, -0.2) is 150 Å². The van der Waals surface area contributed by atoms with Crippen LogP contribution in [0.15, 0.2) is 141 Å². The van der Waals surface area contributed by atoms with E-state index in [4.69, 9.17) is 45.1 Å². The number of hydrogen-bond donors (Lipinski definition) is 4. The molecule has 0 saturated carbocycles. The molecule has 4 saturated heterocycles. The molecule has 4 heterocycles. The molecule has 4 atom stereocenters. The van der Waals surface area contributed by atoms with Crippen LogP contribution < -0.4 is 21.7 Å². The molecule has 9 rings (SSSR count). The molecule has 0 aliphatic carbocycles. The molecular formula is C60H77ClN9O21S4-. The third-order valence-corrected chi connectivity index (χ3v) is 21.7. The van der Waals surface area contributed by atoms with Crippen LogP contribution in [0.4, 0.5) is 33.2 Å². The number of nitro groups is 2. The van der Waals surface area contributed by atoms with Gasteiger partial charge in [0.25, 0.3) is 20.4 Å². The minimum absolute atomic E-state index is 0. The number of sulfonamides is 3. The average molecular weight is 1430 g/mol. The number of carbonyl (C=O) groups excluding carboxylic acids is 7. The lowest BCUT2D eigenvalue weighted by Gasteiger charge is -2.22. The number of amides is 2. The number of non-ortho nitro benzene ring substituents is 2. The Bertz CT molecular complexity index is 3850. The van der Waals surface area contributed by atoms with Crippen molar-refractivity contribution < 1.29 is 88.0 Å². The number of benzene rings is 5. The molecule has 95 heavy (non-hydrogen) atoms. The molecule has 0 bridgehead atoms. The largest absolute Gasteiger partial charge is 1.00 e. The van der Waals surface area contributed by atoms with Crippen LogP contribution in [-0.2, 0) is 77.4 Å². The molecular weight excluding hydrogens is 1350 g/mol. The first-order chi connectivity index (χ1) is 44.9. The Morgan fingerprint density at radius 2 is 0.916 bits per heavy atom. The van der Waals surface area contributed by atoms with Crippen molar-refractivity contribution in [1.29, 1.82) is 0 Å². The number of carbonyl (C=O) groups is 3. The maximum Gasteiger partial charge on any atom is 0.373 e. The van der Waals surface area contributed by atoms with E-state index in [1.807, 2.05) is 39.8 Å². The lowest BCUT2D eigenvalue weighted by atomic mass is 10.2. The molecule has 0 spiro atoms. The fourth-order valence-corrected chi connectivity index (χ4v) is 15.8. The summed E-state index contributed by atoms with van der Waals surface area (Å²) >= 11 is 0. The zero-order valence-corrected chi connectivity index (χ0v) is 56.6. The molecule has 4 aliphatic rings. The van der Waals surface area contributed by atoms with E-state index in [1.54, 1.807) is 47.6 Å². The maximum absolute atomic E-state index is 13.0. The fourth-order valence-electron chi connectivity index (χ4n) is 9.85. The first kappa shape index (κ1) is 80.8. The Balaban J connectivity index is 0.000000417. The molecule has 4 fully saturated rings. The van der Waals surface area contributed by atoms with Gasteiger partial charge in [0.15, 0.2) is 0 Å². The summed E-state index contributed by atoms with van der Waals surface area (Å²) in [6.07, 6.45) is 8.87. The fraction of sp³-hybridized carbons (Fsp3) is 0.417. The monoisotopic (exact) mass is 1420 g/mol. The summed E-state index contributed by atoms with van der Waals surface area (Å²) in [5.41, 5.74) is 8.05. The predicted molar refractivity (Wildman–Crippen MR) is 347 cm³/mol. The van der Waals surface area contributed by atoms with Crippen LogP contribution in [0.5, 0.6) is 0 Å². The van der Waals surface area contributed by atoms with Crippen LogP contribution >= 0.6 is 10.7 Å². The second-order valence-electron chi connectivity index (χ2n) is 20.7. The van der Waals surface area contributed by atoms with Crippen molar-refractivity contribution in [2.45, 2.75) is 143 Å². The van der Waals surface area contributed by atoms with Crippen molar-refractivity contribution in [3.8, 4) is 0 Å². The minimum atomic E-state index is -3.84. The molecule has 0 radical (unpaired) electrons. The first-order valence-electron chi connectivity index (χ1n) is 29.6. The topological polar surface area (TPSA) is 433 Å². The van der Waals surface area contributed by atoms with E-state index in [0.717, 1.165) is 87.7 Å². The highest BCUT2D eigenvalue weighted by Crippen LogP contribution is 2.31. The molecule has 4 aliphatic heterocycles. The van der Waals surface area contributed by atoms with Gasteiger partial charge in [-0.05, 0) is 176 Å². The Morgan fingerprint density at radius 1 is 0.558 bits per heavy atom. The van der Waals surface area contributed by atoms with Gasteiger partial charge >= 0.3 is 30.3 Å². The molecule has 30 nitrogen and oxygen atoms in total. The van der Waals surface area contributed by atoms with Gasteiger partial charge in [0, 0.05) is 83.7 Å². The van der Waals surface area contributed by atoms with E-state index in [0.29, 0.717) is 54.5 Å². The SMILES string of the molecule is CCOC(=O)[C@H]1CCCN1.CCOC(=O)[C@H]1CCCN1S(=O)(=O)c1ccc(NC(=O)Nc2ccc(C)cc2)cc1.CC[C@H]1CCCN1S(=O)(=O)c1ccc(N)cc1.CC[C@H]1CCCN1S(=O)(=O)c1ccc([N+](=O)[O-])cc1.O=C=O.O=C=O.O=[N+]([O-])c1ccc(S(=O)(=O)Cl)cc1.[2H-]. The molecule has 5 aromatic rings. The van der Waals surface area contributed by atoms with Gasteiger partial charge in [-0.25, -0.2) is 38.5 Å². The van der Waals surface area contributed by atoms with Crippen molar-refractivity contribution in [3.63, 3.8) is 0 Å². The molecule has 0 aromatic heterocycles. The molecule has 5 N–H and O–H groups in total. The lowest BCUT2D eigenvalue weighted by molar-refractivity contribution is -0.385. The second-order valence-corrected chi connectivity index (χ2v) is 28.9. The van der Waals surface area contributed by atoms with Gasteiger partial charge in [0.2, 0.25) is 30.1 Å². The van der Waals surface area contributed by atoms with Crippen LogP contribution in [0.1, 0.15) is 98.9 Å². The number of ether oxygens (including phenoxy) is 2. The number of nitrogens with one attached hydrogen (secondary N) is 3. The Hall–Kier alpha value is -8.40. The number of urea groups is 1. The summed E-state index contributed by atoms with van der Waals surface area (Å²) < 4.78 is 111. The van der Waals surface area contributed by atoms with Gasteiger partial charge in [0.05, 0.1) is 42.6 Å². The van der Waals surface area contributed by atoms with Gasteiger partial charge in [-0.1, -0.05) is 31.5 Å². The third-order valence-electron chi connectivity index (χ3n) is 14.5. The summed E-state index contributed by atoms with van der Waals surface area (Å²) in [5.74, 6) is -0.621. The number of anilines is 3. The predicted octanol–water partition coefficient (Wildman–Crippen LogP) is 8.11. The van der Waals surface area contributed by atoms with Gasteiger partial charge < -0.3 is 32.6 Å². The molecule has 520 valence electrons. The lowest BCUT2D eigenvalue weighted by Crippen LogP contribution is -2.41. The van der Waals surface area contributed by atoms with Gasteiger partial charge in [0.1, 0.15) is 12.1 Å². The van der Waals surface area contributed by atoms with E-state index in [1.165, 1.54) is 57.1 Å². The van der Waals surface area contributed by atoms with Crippen LogP contribution in [0, 0.1) is 27.2 Å². The summed E-state index contributed by atoms with van der Waals surface area (Å²) in [7, 11) is -9.52. The van der Waals surface area contributed by atoms with Crippen molar-refractivity contribution in [3.05, 3.63) is 147 Å². The maximum atomic E-state index is 13.0. The number of hydrogen-bond acceptors (Lipinski definition) is 23. The normalized spacial score (nSPS) is 17.6.